The first kappa shape index (κ1) is 29.9. The van der Waals surface area contributed by atoms with Gasteiger partial charge in [0.1, 0.15) is 11.3 Å². The number of alkyl carbamates (subject to hydrolysis) is 1. The highest BCUT2D eigenvalue weighted by Crippen LogP contribution is 2.28. The molecular formula is C32H44N4O3. The summed E-state index contributed by atoms with van der Waals surface area (Å²) in [5.41, 5.74) is 2.98. The highest BCUT2D eigenvalue weighted by Gasteiger charge is 2.16. The number of hydrogen-bond donors (Lipinski definition) is 2. The fraction of sp³-hybridized carbons (Fsp3) is 0.469. The van der Waals surface area contributed by atoms with E-state index in [-0.39, 0.29) is 12.0 Å². The first-order valence-electron chi connectivity index (χ1n) is 14.3. The van der Waals surface area contributed by atoms with E-state index < -0.39 is 5.60 Å². The molecule has 0 spiro atoms. The molecule has 39 heavy (non-hydrogen) atoms. The first-order chi connectivity index (χ1) is 18.8. The van der Waals surface area contributed by atoms with Gasteiger partial charge in [0.25, 0.3) is 0 Å². The van der Waals surface area contributed by atoms with Gasteiger partial charge in [0.2, 0.25) is 5.91 Å². The van der Waals surface area contributed by atoms with E-state index in [1.165, 1.54) is 25.7 Å². The summed E-state index contributed by atoms with van der Waals surface area (Å²) < 4.78 is 7.05. The number of carbonyl (C=O) groups excluding carboxylic acids is 2. The van der Waals surface area contributed by atoms with Gasteiger partial charge < -0.3 is 15.4 Å². The van der Waals surface area contributed by atoms with E-state index in [1.807, 2.05) is 92.3 Å². The number of amides is 2. The molecule has 2 aromatic carbocycles. The van der Waals surface area contributed by atoms with Crippen LogP contribution in [0.1, 0.15) is 85.0 Å². The van der Waals surface area contributed by atoms with Crippen molar-refractivity contribution in [1.82, 2.24) is 15.1 Å². The molecule has 0 unspecified atom stereocenters. The van der Waals surface area contributed by atoms with Crippen LogP contribution >= 0.6 is 0 Å². The normalized spacial score (nSPS) is 11.3. The fourth-order valence-corrected chi connectivity index (χ4v) is 4.35. The van der Waals surface area contributed by atoms with E-state index in [1.54, 1.807) is 0 Å². The van der Waals surface area contributed by atoms with Gasteiger partial charge in [-0.1, -0.05) is 93.5 Å². The number of ether oxygens (including phenoxy) is 1. The maximum Gasteiger partial charge on any atom is 0.407 e. The van der Waals surface area contributed by atoms with Gasteiger partial charge in [-0.05, 0) is 45.7 Å². The number of benzene rings is 2. The SMILES string of the molecule is CC(C)(C)OC(=O)NCCCCCCCCCCCC(=O)Nc1cn(-c2ccccc2)nc1-c1ccccc1. The summed E-state index contributed by atoms with van der Waals surface area (Å²) in [6.45, 7) is 6.26. The van der Waals surface area contributed by atoms with Crippen molar-refractivity contribution in [2.24, 2.45) is 0 Å². The molecule has 0 aliphatic heterocycles. The molecular weight excluding hydrogens is 488 g/mol. The second kappa shape index (κ2) is 15.7. The zero-order valence-corrected chi connectivity index (χ0v) is 23.7. The van der Waals surface area contributed by atoms with E-state index in [2.05, 4.69) is 10.6 Å². The summed E-state index contributed by atoms with van der Waals surface area (Å²) in [7, 11) is 0. The summed E-state index contributed by atoms with van der Waals surface area (Å²) in [6.07, 6.45) is 12.0. The van der Waals surface area contributed by atoms with Crippen LogP contribution in [0.15, 0.2) is 66.9 Å². The molecule has 7 heteroatoms. The van der Waals surface area contributed by atoms with Crippen molar-refractivity contribution in [2.75, 3.05) is 11.9 Å². The van der Waals surface area contributed by atoms with E-state index in [0.29, 0.717) is 13.0 Å². The van der Waals surface area contributed by atoms with Crippen LogP contribution in [0.5, 0.6) is 0 Å². The Morgan fingerprint density at radius 1 is 0.795 bits per heavy atom. The summed E-state index contributed by atoms with van der Waals surface area (Å²) in [5.74, 6) is 0.0276. The van der Waals surface area contributed by atoms with Gasteiger partial charge in [-0.3, -0.25) is 4.79 Å². The average molecular weight is 533 g/mol. The van der Waals surface area contributed by atoms with Crippen LogP contribution < -0.4 is 10.6 Å². The number of carbonyl (C=O) groups is 2. The number of nitrogens with one attached hydrogen (secondary N) is 2. The maximum absolute atomic E-state index is 12.7. The Hall–Kier alpha value is -3.61. The van der Waals surface area contributed by atoms with Crippen molar-refractivity contribution in [3.05, 3.63) is 66.9 Å². The summed E-state index contributed by atoms with van der Waals surface area (Å²) in [4.78, 5) is 24.3. The van der Waals surface area contributed by atoms with E-state index in [9.17, 15) is 9.59 Å². The number of aromatic nitrogens is 2. The summed E-state index contributed by atoms with van der Waals surface area (Å²) >= 11 is 0. The smallest absolute Gasteiger partial charge is 0.407 e. The molecule has 2 N–H and O–H groups in total. The molecule has 0 aliphatic carbocycles. The highest BCUT2D eigenvalue weighted by atomic mass is 16.6. The number of hydrogen-bond acceptors (Lipinski definition) is 4. The zero-order valence-electron chi connectivity index (χ0n) is 23.7. The standard InChI is InChI=1S/C32H44N4O3/c1-32(2,3)39-31(38)33-24-18-10-8-6-4-5-7-9-17-23-29(37)34-28-25-36(27-21-15-12-16-22-27)35-30(28)26-19-13-11-14-20-26/h11-16,19-22,25H,4-10,17-18,23-24H2,1-3H3,(H,33,38)(H,34,37). The van der Waals surface area contributed by atoms with Crippen molar-refractivity contribution in [1.29, 1.82) is 0 Å². The van der Waals surface area contributed by atoms with Gasteiger partial charge in [-0.15, -0.1) is 0 Å². The van der Waals surface area contributed by atoms with Gasteiger partial charge in [0.05, 0.1) is 17.6 Å². The molecule has 210 valence electrons. The molecule has 0 radical (unpaired) electrons. The number of para-hydroxylation sites is 1. The van der Waals surface area contributed by atoms with Crippen LogP contribution in [0.3, 0.4) is 0 Å². The van der Waals surface area contributed by atoms with Crippen molar-refractivity contribution in [3.8, 4) is 16.9 Å². The lowest BCUT2D eigenvalue weighted by atomic mass is 10.1. The Balaban J connectivity index is 1.29. The first-order valence-corrected chi connectivity index (χ1v) is 14.3. The van der Waals surface area contributed by atoms with E-state index in [4.69, 9.17) is 9.84 Å². The number of rotatable bonds is 15. The zero-order chi connectivity index (χ0) is 27.9. The molecule has 0 saturated carbocycles. The lowest BCUT2D eigenvalue weighted by molar-refractivity contribution is -0.116. The maximum atomic E-state index is 12.7. The largest absolute Gasteiger partial charge is 0.444 e. The summed E-state index contributed by atoms with van der Waals surface area (Å²) in [6, 6.07) is 19.9. The molecule has 0 bridgehead atoms. The third-order valence-electron chi connectivity index (χ3n) is 6.31. The van der Waals surface area contributed by atoms with Gasteiger partial charge in [0.15, 0.2) is 0 Å². The molecule has 7 nitrogen and oxygen atoms in total. The van der Waals surface area contributed by atoms with Crippen LogP contribution in [0.25, 0.3) is 16.9 Å². The molecule has 2 amide bonds. The molecule has 0 aliphatic rings. The fourth-order valence-electron chi connectivity index (χ4n) is 4.35. The summed E-state index contributed by atoms with van der Waals surface area (Å²) in [5, 5.41) is 10.7. The predicted molar refractivity (Wildman–Crippen MR) is 158 cm³/mol. The predicted octanol–water partition coefficient (Wildman–Crippen LogP) is 7.90. The highest BCUT2D eigenvalue weighted by molar-refractivity contribution is 5.94. The Morgan fingerprint density at radius 2 is 1.36 bits per heavy atom. The number of anilines is 1. The average Bonchev–Trinajstić information content (AvgIpc) is 3.33. The quantitative estimate of drug-likeness (QED) is 0.195. The number of unbranched alkanes of at least 4 members (excludes halogenated alkanes) is 8. The van der Waals surface area contributed by atoms with E-state index in [0.717, 1.165) is 54.7 Å². The van der Waals surface area contributed by atoms with Gasteiger partial charge >= 0.3 is 6.09 Å². The Bertz CT molecular complexity index is 1140. The lowest BCUT2D eigenvalue weighted by Gasteiger charge is -2.19. The minimum Gasteiger partial charge on any atom is -0.444 e. The third-order valence-corrected chi connectivity index (χ3v) is 6.31. The molecule has 0 atom stereocenters. The second-order valence-electron chi connectivity index (χ2n) is 10.9. The van der Waals surface area contributed by atoms with Crippen molar-refractivity contribution >= 4 is 17.7 Å². The second-order valence-corrected chi connectivity index (χ2v) is 10.9. The van der Waals surface area contributed by atoms with Crippen molar-refractivity contribution < 1.29 is 14.3 Å². The van der Waals surface area contributed by atoms with Crippen molar-refractivity contribution in [3.63, 3.8) is 0 Å². The van der Waals surface area contributed by atoms with Gasteiger partial charge in [-0.2, -0.15) is 5.10 Å². The number of nitrogens with zero attached hydrogens (tertiary/aromatic N) is 2. The topological polar surface area (TPSA) is 85.2 Å². The molecule has 1 heterocycles. The molecule has 0 saturated heterocycles. The van der Waals surface area contributed by atoms with Crippen molar-refractivity contribution in [2.45, 2.75) is 90.6 Å². The van der Waals surface area contributed by atoms with Crippen LogP contribution in [0.2, 0.25) is 0 Å². The Kier molecular flexibility index (Phi) is 12.1. The molecule has 3 aromatic rings. The Labute approximate surface area is 233 Å². The monoisotopic (exact) mass is 532 g/mol. The van der Waals surface area contributed by atoms with Crippen LogP contribution in [0, 0.1) is 0 Å². The molecule has 0 fully saturated rings. The van der Waals surface area contributed by atoms with Crippen LogP contribution in [-0.2, 0) is 9.53 Å². The third kappa shape index (κ3) is 11.3. The lowest BCUT2D eigenvalue weighted by Crippen LogP contribution is -2.32. The minimum atomic E-state index is -0.452. The minimum absolute atomic E-state index is 0.0276. The van der Waals surface area contributed by atoms with E-state index >= 15 is 0 Å². The Morgan fingerprint density at radius 3 is 1.97 bits per heavy atom. The van der Waals surface area contributed by atoms with Gasteiger partial charge in [-0.25, -0.2) is 9.48 Å². The van der Waals surface area contributed by atoms with Crippen LogP contribution in [-0.4, -0.2) is 33.9 Å². The van der Waals surface area contributed by atoms with Gasteiger partial charge in [0, 0.05) is 18.5 Å². The molecule has 1 aromatic heterocycles. The van der Waals surface area contributed by atoms with Crippen LogP contribution in [0.4, 0.5) is 10.5 Å². The molecule has 3 rings (SSSR count).